The van der Waals surface area contributed by atoms with Gasteiger partial charge in [-0.3, -0.25) is 4.98 Å². The lowest BCUT2D eigenvalue weighted by atomic mass is 10.1. The zero-order valence-electron chi connectivity index (χ0n) is 23.9. The smallest absolute Gasteiger partial charge is 0.417 e. The van der Waals surface area contributed by atoms with Gasteiger partial charge in [0.1, 0.15) is 11.6 Å². The molecule has 11 nitrogen and oxygen atoms in total. The number of benzene rings is 2. The Hall–Kier alpha value is -6.05. The van der Waals surface area contributed by atoms with Crippen LogP contribution >= 0.6 is 0 Å². The van der Waals surface area contributed by atoms with Crippen LogP contribution in [0.3, 0.4) is 0 Å². The number of nitrogens with one attached hydrogen (secondary N) is 2. The molecule has 0 spiro atoms. The summed E-state index contributed by atoms with van der Waals surface area (Å²) in [4.78, 5) is 31.7. The standard InChI is InChI=1S/C32H24F3N9O2/c33-32(34,35)22-15-25(29(37-16-22)21-5-2-1-3-6-21)41-30(45)40-23-17-38-31(39-18-23)46-24-9-7-20(8-10-24)26-19-36-27-11-12-28(42-44(26)27)43-13-4-14-43/h1-3,5-12,15-19H,4,13-14H2,(H2,40,41,45). The minimum Gasteiger partial charge on any atom is -0.424 e. The maximum absolute atomic E-state index is 13.4. The summed E-state index contributed by atoms with van der Waals surface area (Å²) in [6, 6.07) is 19.8. The van der Waals surface area contributed by atoms with Crippen molar-refractivity contribution in [2.24, 2.45) is 0 Å². The molecule has 7 rings (SSSR count). The highest BCUT2D eigenvalue weighted by Gasteiger charge is 2.32. The van der Waals surface area contributed by atoms with Crippen molar-refractivity contribution in [1.82, 2.24) is 29.5 Å². The number of carbonyl (C=O) groups excluding carboxylic acids is 1. The molecule has 230 valence electrons. The lowest BCUT2D eigenvalue weighted by Gasteiger charge is -2.31. The Balaban J connectivity index is 1.01. The fraction of sp³-hybridized carbons (Fsp3) is 0.125. The predicted octanol–water partition coefficient (Wildman–Crippen LogP) is 6.91. The summed E-state index contributed by atoms with van der Waals surface area (Å²) in [5.74, 6) is 1.39. The highest BCUT2D eigenvalue weighted by atomic mass is 19.4. The number of rotatable bonds is 7. The van der Waals surface area contributed by atoms with Crippen LogP contribution in [0.5, 0.6) is 11.8 Å². The molecule has 2 amide bonds. The van der Waals surface area contributed by atoms with Crippen LogP contribution < -0.4 is 20.3 Å². The Morgan fingerprint density at radius 2 is 1.57 bits per heavy atom. The first kappa shape index (κ1) is 28.7. The summed E-state index contributed by atoms with van der Waals surface area (Å²) in [6.45, 7) is 1.99. The van der Waals surface area contributed by atoms with Crippen molar-refractivity contribution in [3.63, 3.8) is 0 Å². The molecule has 4 aromatic heterocycles. The Morgan fingerprint density at radius 3 is 2.26 bits per heavy atom. The van der Waals surface area contributed by atoms with E-state index in [4.69, 9.17) is 9.84 Å². The zero-order valence-corrected chi connectivity index (χ0v) is 23.9. The number of nitrogens with zero attached hydrogens (tertiary/aromatic N) is 7. The van der Waals surface area contributed by atoms with E-state index in [1.165, 1.54) is 12.4 Å². The van der Waals surface area contributed by atoms with Crippen molar-refractivity contribution in [3.8, 4) is 34.3 Å². The van der Waals surface area contributed by atoms with Crippen LogP contribution in [0.1, 0.15) is 12.0 Å². The number of amides is 2. The van der Waals surface area contributed by atoms with Crippen LogP contribution in [0.15, 0.2) is 97.6 Å². The third kappa shape index (κ3) is 6.00. The van der Waals surface area contributed by atoms with Crippen molar-refractivity contribution in [2.75, 3.05) is 28.6 Å². The summed E-state index contributed by atoms with van der Waals surface area (Å²) in [5, 5.41) is 9.73. The second-order valence-electron chi connectivity index (χ2n) is 10.4. The Labute approximate surface area is 259 Å². The van der Waals surface area contributed by atoms with Crippen LogP contribution in [-0.4, -0.2) is 48.7 Å². The molecule has 0 aliphatic carbocycles. The molecular weight excluding hydrogens is 599 g/mol. The monoisotopic (exact) mass is 623 g/mol. The summed E-state index contributed by atoms with van der Waals surface area (Å²) >= 11 is 0. The zero-order chi connectivity index (χ0) is 31.7. The number of urea groups is 1. The SMILES string of the molecule is O=C(Nc1cnc(Oc2ccc(-c3cnc4ccc(N5CCC5)nn34)cc2)nc1)Nc1cc(C(F)(F)F)cnc1-c1ccccc1. The second-order valence-corrected chi connectivity index (χ2v) is 10.4. The molecular formula is C32H24F3N9O2. The molecule has 1 fully saturated rings. The Kier molecular flexibility index (Phi) is 7.36. The molecule has 0 unspecified atom stereocenters. The van der Waals surface area contributed by atoms with Gasteiger partial charge in [-0.1, -0.05) is 30.3 Å². The first-order valence-corrected chi connectivity index (χ1v) is 14.2. The van der Waals surface area contributed by atoms with Crippen LogP contribution in [0, 0.1) is 0 Å². The molecule has 5 heterocycles. The topological polar surface area (TPSA) is 122 Å². The van der Waals surface area contributed by atoms with Crippen molar-refractivity contribution in [3.05, 3.63) is 103 Å². The number of alkyl halides is 3. The average Bonchev–Trinajstić information content (AvgIpc) is 3.45. The van der Waals surface area contributed by atoms with E-state index in [0.29, 0.717) is 11.3 Å². The number of aromatic nitrogens is 6. The van der Waals surface area contributed by atoms with Crippen molar-refractivity contribution >= 4 is 28.9 Å². The molecule has 0 saturated carbocycles. The molecule has 0 bridgehead atoms. The lowest BCUT2D eigenvalue weighted by Crippen LogP contribution is -2.37. The van der Waals surface area contributed by atoms with Gasteiger partial charge in [0.2, 0.25) is 0 Å². The van der Waals surface area contributed by atoms with E-state index < -0.39 is 17.8 Å². The van der Waals surface area contributed by atoms with Gasteiger partial charge in [-0.15, -0.1) is 5.10 Å². The van der Waals surface area contributed by atoms with E-state index in [-0.39, 0.29) is 23.1 Å². The number of hydrogen-bond donors (Lipinski definition) is 2. The van der Waals surface area contributed by atoms with Gasteiger partial charge < -0.3 is 20.3 Å². The summed E-state index contributed by atoms with van der Waals surface area (Å²) in [6.07, 6.45) is 1.66. The largest absolute Gasteiger partial charge is 0.424 e. The number of ether oxygens (including phenoxy) is 1. The van der Waals surface area contributed by atoms with Crippen molar-refractivity contribution in [2.45, 2.75) is 12.6 Å². The van der Waals surface area contributed by atoms with Gasteiger partial charge in [-0.05, 0) is 48.9 Å². The normalized spacial score (nSPS) is 12.9. The van der Waals surface area contributed by atoms with Crippen LogP contribution in [-0.2, 0) is 6.18 Å². The molecule has 1 aliphatic rings. The molecule has 46 heavy (non-hydrogen) atoms. The van der Waals surface area contributed by atoms with E-state index in [9.17, 15) is 18.0 Å². The third-order valence-corrected chi connectivity index (χ3v) is 7.28. The van der Waals surface area contributed by atoms with Gasteiger partial charge in [-0.25, -0.2) is 24.3 Å². The summed E-state index contributed by atoms with van der Waals surface area (Å²) in [5.41, 5.74) is 2.29. The van der Waals surface area contributed by atoms with Crippen molar-refractivity contribution < 1.29 is 22.7 Å². The molecule has 0 radical (unpaired) electrons. The number of carbonyl (C=O) groups is 1. The molecule has 2 aromatic carbocycles. The molecule has 6 aromatic rings. The maximum Gasteiger partial charge on any atom is 0.417 e. The van der Waals surface area contributed by atoms with Gasteiger partial charge in [0.05, 0.1) is 46.9 Å². The number of pyridine rings is 1. The fourth-order valence-corrected chi connectivity index (χ4v) is 4.83. The number of fused-ring (bicyclic) bond motifs is 1. The fourth-order valence-electron chi connectivity index (χ4n) is 4.83. The third-order valence-electron chi connectivity index (χ3n) is 7.28. The highest BCUT2D eigenvalue weighted by molar-refractivity contribution is 6.01. The molecule has 2 N–H and O–H groups in total. The number of halogens is 3. The van der Waals surface area contributed by atoms with Crippen LogP contribution in [0.25, 0.3) is 28.2 Å². The average molecular weight is 624 g/mol. The minimum absolute atomic E-state index is 0.0304. The van der Waals surface area contributed by atoms with E-state index in [1.54, 1.807) is 48.7 Å². The molecule has 1 saturated heterocycles. The maximum atomic E-state index is 13.4. The van der Waals surface area contributed by atoms with Crippen molar-refractivity contribution in [1.29, 1.82) is 0 Å². The van der Waals surface area contributed by atoms with E-state index in [1.807, 2.05) is 28.8 Å². The lowest BCUT2D eigenvalue weighted by molar-refractivity contribution is -0.137. The van der Waals surface area contributed by atoms with Gasteiger partial charge in [0.25, 0.3) is 0 Å². The summed E-state index contributed by atoms with van der Waals surface area (Å²) in [7, 11) is 0. The van der Waals surface area contributed by atoms with Crippen LogP contribution in [0.4, 0.5) is 35.2 Å². The number of imidazole rings is 1. The van der Waals surface area contributed by atoms with Crippen LogP contribution in [0.2, 0.25) is 0 Å². The quantitative estimate of drug-likeness (QED) is 0.197. The first-order chi connectivity index (χ1) is 22.3. The van der Waals surface area contributed by atoms with E-state index in [0.717, 1.165) is 54.5 Å². The molecule has 14 heteroatoms. The van der Waals surface area contributed by atoms with Gasteiger partial charge in [0, 0.05) is 30.4 Å². The highest BCUT2D eigenvalue weighted by Crippen LogP contribution is 2.34. The Bertz CT molecular complexity index is 2010. The first-order valence-electron chi connectivity index (χ1n) is 14.2. The predicted molar refractivity (Wildman–Crippen MR) is 165 cm³/mol. The Morgan fingerprint density at radius 1 is 0.804 bits per heavy atom. The second kappa shape index (κ2) is 11.8. The van der Waals surface area contributed by atoms with Gasteiger partial charge in [0.15, 0.2) is 5.65 Å². The van der Waals surface area contributed by atoms with E-state index in [2.05, 4.69) is 35.5 Å². The summed E-state index contributed by atoms with van der Waals surface area (Å²) < 4.78 is 47.7. The molecule has 0 atom stereocenters. The molecule has 1 aliphatic heterocycles. The van der Waals surface area contributed by atoms with Gasteiger partial charge >= 0.3 is 18.2 Å². The minimum atomic E-state index is -4.64. The number of hydrogen-bond acceptors (Lipinski definition) is 8. The number of anilines is 3. The van der Waals surface area contributed by atoms with E-state index >= 15 is 0 Å². The van der Waals surface area contributed by atoms with Gasteiger partial charge in [-0.2, -0.15) is 13.2 Å².